The highest BCUT2D eigenvalue weighted by molar-refractivity contribution is 7.99. The number of thioether (sulfide) groups is 1. The van der Waals surface area contributed by atoms with Crippen molar-refractivity contribution in [3.8, 4) is 0 Å². The van der Waals surface area contributed by atoms with E-state index in [4.69, 9.17) is 9.15 Å². The highest BCUT2D eigenvalue weighted by Gasteiger charge is 2.44. The first-order chi connectivity index (χ1) is 9.63. The first-order valence-corrected chi connectivity index (χ1v) is 7.73. The molecule has 0 aliphatic heterocycles. The fourth-order valence-corrected chi connectivity index (χ4v) is 3.15. The summed E-state index contributed by atoms with van der Waals surface area (Å²) in [6.07, 6.45) is 4.14. The van der Waals surface area contributed by atoms with E-state index in [9.17, 15) is 9.59 Å². The maximum atomic E-state index is 11.7. The van der Waals surface area contributed by atoms with Crippen LogP contribution in [0.3, 0.4) is 0 Å². The van der Waals surface area contributed by atoms with Crippen LogP contribution in [0.4, 0.5) is 0 Å². The van der Waals surface area contributed by atoms with Gasteiger partial charge in [-0.25, -0.2) is 0 Å². The Kier molecular flexibility index (Phi) is 5.11. The number of rotatable bonds is 8. The number of ether oxygens (including phenoxy) is 1. The van der Waals surface area contributed by atoms with Crippen molar-refractivity contribution in [3.05, 3.63) is 24.2 Å². The second kappa shape index (κ2) is 6.83. The maximum Gasteiger partial charge on any atom is 0.306 e. The number of hydrogen-bond donors (Lipinski definition) is 1. The van der Waals surface area contributed by atoms with Crippen molar-refractivity contribution < 1.29 is 18.7 Å². The molecule has 110 valence electrons. The van der Waals surface area contributed by atoms with E-state index in [-0.39, 0.29) is 17.3 Å². The minimum Gasteiger partial charge on any atom is -0.469 e. The zero-order valence-corrected chi connectivity index (χ0v) is 12.3. The molecule has 0 unspecified atom stereocenters. The Morgan fingerprint density at radius 1 is 1.50 bits per heavy atom. The predicted molar refractivity (Wildman–Crippen MR) is 76.2 cm³/mol. The second-order valence-electron chi connectivity index (χ2n) is 5.10. The lowest BCUT2D eigenvalue weighted by Gasteiger charge is -2.12. The molecule has 0 atom stereocenters. The molecule has 6 heteroatoms. The van der Waals surface area contributed by atoms with Gasteiger partial charge < -0.3 is 14.5 Å². The molecule has 0 aromatic carbocycles. The van der Waals surface area contributed by atoms with E-state index >= 15 is 0 Å². The van der Waals surface area contributed by atoms with E-state index in [2.05, 4.69) is 5.32 Å². The molecule has 1 aliphatic carbocycles. The molecule has 0 spiro atoms. The Labute approximate surface area is 122 Å². The molecule has 0 radical (unpaired) electrons. The molecule has 1 N–H and O–H groups in total. The first-order valence-electron chi connectivity index (χ1n) is 6.57. The lowest BCUT2D eigenvalue weighted by atomic mass is 10.1. The Morgan fingerprint density at radius 3 is 2.90 bits per heavy atom. The SMILES string of the molecule is COC(=O)CC1(CSCC(=O)NCc2ccco2)CC1. The van der Waals surface area contributed by atoms with Gasteiger partial charge in [0.2, 0.25) is 5.91 Å². The summed E-state index contributed by atoms with van der Waals surface area (Å²) < 4.78 is 9.83. The summed E-state index contributed by atoms with van der Waals surface area (Å²) in [5, 5.41) is 2.80. The maximum absolute atomic E-state index is 11.7. The van der Waals surface area contributed by atoms with Crippen molar-refractivity contribution in [1.29, 1.82) is 0 Å². The van der Waals surface area contributed by atoms with Gasteiger partial charge in [-0.05, 0) is 36.1 Å². The minimum absolute atomic E-state index is 0.0136. The average Bonchev–Trinajstić information content (AvgIpc) is 3.00. The third-order valence-electron chi connectivity index (χ3n) is 3.39. The second-order valence-corrected chi connectivity index (χ2v) is 6.09. The van der Waals surface area contributed by atoms with E-state index < -0.39 is 0 Å². The van der Waals surface area contributed by atoms with Gasteiger partial charge in [-0.2, -0.15) is 11.8 Å². The molecule has 2 rings (SSSR count). The molecule has 5 nitrogen and oxygen atoms in total. The number of nitrogens with one attached hydrogen (secondary N) is 1. The van der Waals surface area contributed by atoms with Crippen LogP contribution in [-0.2, 0) is 20.9 Å². The van der Waals surface area contributed by atoms with E-state index in [1.54, 1.807) is 24.1 Å². The van der Waals surface area contributed by atoms with E-state index in [0.717, 1.165) is 24.4 Å². The number of methoxy groups -OCH3 is 1. The van der Waals surface area contributed by atoms with Crippen LogP contribution in [0, 0.1) is 5.41 Å². The Hall–Kier alpha value is -1.43. The first kappa shape index (κ1) is 15.0. The summed E-state index contributed by atoms with van der Waals surface area (Å²) >= 11 is 1.57. The summed E-state index contributed by atoms with van der Waals surface area (Å²) in [7, 11) is 1.41. The molecule has 1 aromatic rings. The van der Waals surface area contributed by atoms with Gasteiger partial charge in [0.25, 0.3) is 0 Å². The van der Waals surface area contributed by atoms with E-state index in [1.807, 2.05) is 6.07 Å². The topological polar surface area (TPSA) is 68.5 Å². The lowest BCUT2D eigenvalue weighted by Crippen LogP contribution is -2.25. The molecule has 1 heterocycles. The van der Waals surface area contributed by atoms with Crippen molar-refractivity contribution in [3.63, 3.8) is 0 Å². The molecule has 20 heavy (non-hydrogen) atoms. The molecule has 1 amide bonds. The highest BCUT2D eigenvalue weighted by atomic mass is 32.2. The fraction of sp³-hybridized carbons (Fsp3) is 0.571. The van der Waals surface area contributed by atoms with E-state index in [0.29, 0.717) is 18.7 Å². The molecule has 1 saturated carbocycles. The Balaban J connectivity index is 1.61. The van der Waals surface area contributed by atoms with Gasteiger partial charge in [0.1, 0.15) is 5.76 Å². The standard InChI is InChI=1S/C14H19NO4S/c1-18-13(17)7-14(4-5-14)10-20-9-12(16)15-8-11-3-2-6-19-11/h2-3,6H,4-5,7-10H2,1H3,(H,15,16). The monoisotopic (exact) mass is 297 g/mol. The van der Waals surface area contributed by atoms with Gasteiger partial charge in [-0.15, -0.1) is 0 Å². The molecule has 0 saturated heterocycles. The summed E-state index contributed by atoms with van der Waals surface area (Å²) in [6, 6.07) is 3.61. The quantitative estimate of drug-likeness (QED) is 0.743. The summed E-state index contributed by atoms with van der Waals surface area (Å²) in [4.78, 5) is 22.9. The Morgan fingerprint density at radius 2 is 2.30 bits per heavy atom. The van der Waals surface area contributed by atoms with Gasteiger partial charge in [0.15, 0.2) is 0 Å². The smallest absolute Gasteiger partial charge is 0.306 e. The van der Waals surface area contributed by atoms with Crippen LogP contribution in [0.2, 0.25) is 0 Å². The van der Waals surface area contributed by atoms with Crippen LogP contribution < -0.4 is 5.32 Å². The van der Waals surface area contributed by atoms with Gasteiger partial charge in [0, 0.05) is 0 Å². The van der Waals surface area contributed by atoms with Crippen LogP contribution in [0.25, 0.3) is 0 Å². The molecule has 1 fully saturated rings. The molecular weight excluding hydrogens is 278 g/mol. The zero-order chi connectivity index (χ0) is 14.4. The molecule has 1 aliphatic rings. The van der Waals surface area contributed by atoms with Crippen molar-refractivity contribution in [2.45, 2.75) is 25.8 Å². The third kappa shape index (κ3) is 4.59. The van der Waals surface area contributed by atoms with Gasteiger partial charge in [-0.3, -0.25) is 9.59 Å². The van der Waals surface area contributed by atoms with E-state index in [1.165, 1.54) is 7.11 Å². The van der Waals surface area contributed by atoms with Gasteiger partial charge in [-0.1, -0.05) is 0 Å². The lowest BCUT2D eigenvalue weighted by molar-refractivity contribution is -0.141. The number of esters is 1. The number of amides is 1. The summed E-state index contributed by atoms with van der Waals surface area (Å²) in [5.74, 6) is 1.80. The molecule has 1 aromatic heterocycles. The van der Waals surface area contributed by atoms with Crippen molar-refractivity contribution in [2.75, 3.05) is 18.6 Å². The largest absolute Gasteiger partial charge is 0.469 e. The Bertz CT molecular complexity index is 454. The fourth-order valence-electron chi connectivity index (χ4n) is 1.94. The average molecular weight is 297 g/mol. The third-order valence-corrected chi connectivity index (χ3v) is 4.67. The number of carbonyl (C=O) groups excluding carboxylic acids is 2. The highest BCUT2D eigenvalue weighted by Crippen LogP contribution is 2.51. The predicted octanol–water partition coefficient (Wildman–Crippen LogP) is 1.97. The molecule has 0 bridgehead atoms. The van der Waals surface area contributed by atoms with Crippen LogP contribution in [0.5, 0.6) is 0 Å². The van der Waals surface area contributed by atoms with Crippen molar-refractivity contribution >= 4 is 23.6 Å². The zero-order valence-electron chi connectivity index (χ0n) is 11.5. The normalized spacial score (nSPS) is 15.7. The summed E-state index contributed by atoms with van der Waals surface area (Å²) in [5.41, 5.74) is 0.0685. The van der Waals surface area contributed by atoms with Crippen molar-refractivity contribution in [2.24, 2.45) is 5.41 Å². The van der Waals surface area contributed by atoms with Crippen molar-refractivity contribution in [1.82, 2.24) is 5.32 Å². The van der Waals surface area contributed by atoms with Crippen LogP contribution in [-0.4, -0.2) is 30.5 Å². The number of carbonyl (C=O) groups is 2. The van der Waals surface area contributed by atoms with Gasteiger partial charge in [0.05, 0.1) is 32.1 Å². The van der Waals surface area contributed by atoms with Crippen LogP contribution in [0.1, 0.15) is 25.0 Å². The van der Waals surface area contributed by atoms with Crippen LogP contribution in [0.15, 0.2) is 22.8 Å². The minimum atomic E-state index is -0.162. The van der Waals surface area contributed by atoms with Gasteiger partial charge >= 0.3 is 5.97 Å². The molecular formula is C14H19NO4S. The number of furan rings is 1. The summed E-state index contributed by atoms with van der Waals surface area (Å²) in [6.45, 7) is 0.416. The van der Waals surface area contributed by atoms with Crippen LogP contribution >= 0.6 is 11.8 Å². The number of hydrogen-bond acceptors (Lipinski definition) is 5.